The number of fused-ring (bicyclic) bond motifs is 1. The van der Waals surface area contributed by atoms with E-state index in [0.29, 0.717) is 16.4 Å². The number of nitrogens with zero attached hydrogens (tertiary/aromatic N) is 2. The number of rotatable bonds is 2. The normalized spacial score (nSPS) is 10.8. The topological polar surface area (TPSA) is 96.7 Å². The van der Waals surface area contributed by atoms with E-state index in [4.69, 9.17) is 5.73 Å². The van der Waals surface area contributed by atoms with Gasteiger partial charge in [-0.05, 0) is 25.1 Å². The van der Waals surface area contributed by atoms with Crippen molar-refractivity contribution in [3.05, 3.63) is 35.0 Å². The molecule has 0 atom stereocenters. The van der Waals surface area contributed by atoms with Crippen molar-refractivity contribution in [2.75, 3.05) is 11.1 Å². The van der Waals surface area contributed by atoms with Crippen LogP contribution in [0.3, 0.4) is 0 Å². The Morgan fingerprint density at radius 2 is 2.26 bits per heavy atom. The maximum Gasteiger partial charge on any atom is 0.259 e. The molecule has 6 nitrogen and oxygen atoms in total. The molecule has 0 aliphatic carbocycles. The van der Waals surface area contributed by atoms with Gasteiger partial charge >= 0.3 is 0 Å². The number of anilines is 2. The molecule has 3 rings (SSSR count). The van der Waals surface area contributed by atoms with Gasteiger partial charge in [0.25, 0.3) is 5.91 Å². The third-order valence-corrected chi connectivity index (χ3v) is 3.45. The molecular weight excluding hydrogens is 262 g/mol. The van der Waals surface area contributed by atoms with E-state index in [9.17, 15) is 4.79 Å². The number of benzene rings is 1. The highest BCUT2D eigenvalue weighted by molar-refractivity contribution is 7.15. The zero-order valence-corrected chi connectivity index (χ0v) is 10.9. The van der Waals surface area contributed by atoms with E-state index in [1.165, 1.54) is 11.3 Å². The van der Waals surface area contributed by atoms with Crippen LogP contribution in [-0.2, 0) is 0 Å². The highest BCUT2D eigenvalue weighted by Crippen LogP contribution is 2.22. The van der Waals surface area contributed by atoms with Crippen molar-refractivity contribution in [3.63, 3.8) is 0 Å². The van der Waals surface area contributed by atoms with E-state index in [1.54, 1.807) is 18.3 Å². The lowest BCUT2D eigenvalue weighted by molar-refractivity contribution is 0.102. The molecule has 1 amide bonds. The number of aromatic amines is 1. The SMILES string of the molecule is Cc1nnc(NC(=O)c2c[nH]c3cc(N)ccc23)s1. The number of amides is 1. The zero-order chi connectivity index (χ0) is 13.4. The predicted octanol–water partition coefficient (Wildman–Crippen LogP) is 2.16. The largest absolute Gasteiger partial charge is 0.399 e. The van der Waals surface area contributed by atoms with Crippen molar-refractivity contribution >= 4 is 39.0 Å². The van der Waals surface area contributed by atoms with Crippen LogP contribution < -0.4 is 11.1 Å². The average molecular weight is 273 g/mol. The van der Waals surface area contributed by atoms with E-state index in [1.807, 2.05) is 13.0 Å². The second kappa shape index (κ2) is 4.36. The van der Waals surface area contributed by atoms with Gasteiger partial charge in [-0.3, -0.25) is 10.1 Å². The molecule has 96 valence electrons. The smallest absolute Gasteiger partial charge is 0.259 e. The summed E-state index contributed by atoms with van der Waals surface area (Å²) in [4.78, 5) is 15.2. The lowest BCUT2D eigenvalue weighted by Crippen LogP contribution is -2.11. The fraction of sp³-hybridized carbons (Fsp3) is 0.0833. The van der Waals surface area contributed by atoms with Crippen molar-refractivity contribution in [1.82, 2.24) is 15.2 Å². The molecule has 0 bridgehead atoms. The Morgan fingerprint density at radius 1 is 1.42 bits per heavy atom. The maximum atomic E-state index is 12.2. The third kappa shape index (κ3) is 2.15. The number of aryl methyl sites for hydroxylation is 1. The average Bonchev–Trinajstić information content (AvgIpc) is 2.95. The predicted molar refractivity (Wildman–Crippen MR) is 75.3 cm³/mol. The van der Waals surface area contributed by atoms with Crippen LogP contribution in [-0.4, -0.2) is 21.1 Å². The molecule has 2 heterocycles. The van der Waals surface area contributed by atoms with Crippen LogP contribution in [0.2, 0.25) is 0 Å². The Kier molecular flexibility index (Phi) is 2.68. The summed E-state index contributed by atoms with van der Waals surface area (Å²) in [7, 11) is 0. The summed E-state index contributed by atoms with van der Waals surface area (Å²) in [5.74, 6) is -0.216. The summed E-state index contributed by atoms with van der Waals surface area (Å²) in [6.45, 7) is 1.84. The number of nitrogens with one attached hydrogen (secondary N) is 2. The van der Waals surface area contributed by atoms with Gasteiger partial charge in [-0.15, -0.1) is 10.2 Å². The Hall–Kier alpha value is -2.41. The fourth-order valence-electron chi connectivity index (χ4n) is 1.84. The lowest BCUT2D eigenvalue weighted by atomic mass is 10.1. The Balaban J connectivity index is 1.93. The van der Waals surface area contributed by atoms with Crippen molar-refractivity contribution in [1.29, 1.82) is 0 Å². The first-order valence-electron chi connectivity index (χ1n) is 5.61. The summed E-state index contributed by atoms with van der Waals surface area (Å²) in [5, 5.41) is 12.6. The van der Waals surface area contributed by atoms with Gasteiger partial charge in [0.1, 0.15) is 5.01 Å². The van der Waals surface area contributed by atoms with Crippen LogP contribution >= 0.6 is 11.3 Å². The van der Waals surface area contributed by atoms with Gasteiger partial charge < -0.3 is 10.7 Å². The molecular formula is C12H11N5OS. The van der Waals surface area contributed by atoms with E-state index >= 15 is 0 Å². The number of hydrogen-bond donors (Lipinski definition) is 3. The molecule has 0 saturated carbocycles. The second-order valence-electron chi connectivity index (χ2n) is 4.09. The molecule has 1 aromatic carbocycles. The molecule has 0 spiro atoms. The molecule has 4 N–H and O–H groups in total. The Bertz CT molecular complexity index is 760. The number of nitrogen functional groups attached to an aromatic ring is 1. The van der Waals surface area contributed by atoms with E-state index < -0.39 is 0 Å². The summed E-state index contributed by atoms with van der Waals surface area (Å²) in [6, 6.07) is 5.38. The monoisotopic (exact) mass is 273 g/mol. The van der Waals surface area contributed by atoms with Gasteiger partial charge in [-0.2, -0.15) is 0 Å². The first kappa shape index (κ1) is 11.7. The van der Waals surface area contributed by atoms with Crippen LogP contribution in [0.5, 0.6) is 0 Å². The molecule has 0 saturated heterocycles. The number of H-pyrrole nitrogens is 1. The van der Waals surface area contributed by atoms with E-state index in [0.717, 1.165) is 15.9 Å². The first-order valence-corrected chi connectivity index (χ1v) is 6.43. The highest BCUT2D eigenvalue weighted by Gasteiger charge is 2.13. The maximum absolute atomic E-state index is 12.2. The molecule has 7 heteroatoms. The lowest BCUT2D eigenvalue weighted by Gasteiger charge is -1.99. The number of carbonyl (C=O) groups excluding carboxylic acids is 1. The van der Waals surface area contributed by atoms with Crippen LogP contribution in [0, 0.1) is 6.92 Å². The molecule has 0 fully saturated rings. The molecule has 0 aliphatic rings. The summed E-state index contributed by atoms with van der Waals surface area (Å²) < 4.78 is 0. The highest BCUT2D eigenvalue weighted by atomic mass is 32.1. The second-order valence-corrected chi connectivity index (χ2v) is 5.27. The first-order chi connectivity index (χ1) is 9.13. The summed E-state index contributed by atoms with van der Waals surface area (Å²) >= 11 is 1.34. The number of nitrogens with two attached hydrogens (primary N) is 1. The van der Waals surface area contributed by atoms with Crippen LogP contribution in [0.4, 0.5) is 10.8 Å². The van der Waals surface area contributed by atoms with Gasteiger partial charge in [-0.25, -0.2) is 0 Å². The number of carbonyl (C=O) groups is 1. The van der Waals surface area contributed by atoms with Gasteiger partial charge in [0.05, 0.1) is 5.56 Å². The molecule has 19 heavy (non-hydrogen) atoms. The zero-order valence-electron chi connectivity index (χ0n) is 10.1. The standard InChI is InChI=1S/C12H11N5OS/c1-6-16-17-12(19-6)15-11(18)9-5-14-10-4-7(13)2-3-8(9)10/h2-5,14H,13H2,1H3,(H,15,17,18). The van der Waals surface area contributed by atoms with Crippen LogP contribution in [0.1, 0.15) is 15.4 Å². The number of hydrogen-bond acceptors (Lipinski definition) is 5. The van der Waals surface area contributed by atoms with Gasteiger partial charge in [0, 0.05) is 22.8 Å². The minimum absolute atomic E-state index is 0.216. The molecule has 0 radical (unpaired) electrons. The Morgan fingerprint density at radius 3 is 3.00 bits per heavy atom. The number of aromatic nitrogens is 3. The van der Waals surface area contributed by atoms with E-state index in [2.05, 4.69) is 20.5 Å². The van der Waals surface area contributed by atoms with Gasteiger partial charge in [0.2, 0.25) is 5.13 Å². The summed E-state index contributed by atoms with van der Waals surface area (Å²) in [6.07, 6.45) is 1.66. The minimum Gasteiger partial charge on any atom is -0.399 e. The van der Waals surface area contributed by atoms with Crippen molar-refractivity contribution in [3.8, 4) is 0 Å². The van der Waals surface area contributed by atoms with Crippen LogP contribution in [0.25, 0.3) is 10.9 Å². The fourth-order valence-corrected chi connectivity index (χ4v) is 2.43. The van der Waals surface area contributed by atoms with Crippen molar-refractivity contribution < 1.29 is 4.79 Å². The quantitative estimate of drug-likeness (QED) is 0.623. The Labute approximate surface area is 112 Å². The van der Waals surface area contributed by atoms with Crippen LogP contribution in [0.15, 0.2) is 24.4 Å². The summed E-state index contributed by atoms with van der Waals surface area (Å²) in [5.41, 5.74) is 7.74. The van der Waals surface area contributed by atoms with E-state index in [-0.39, 0.29) is 5.91 Å². The molecule has 2 aromatic heterocycles. The van der Waals surface area contributed by atoms with Crippen molar-refractivity contribution in [2.24, 2.45) is 0 Å². The van der Waals surface area contributed by atoms with Gasteiger partial charge in [-0.1, -0.05) is 11.3 Å². The molecule has 0 unspecified atom stereocenters. The minimum atomic E-state index is -0.216. The molecule has 3 aromatic rings. The van der Waals surface area contributed by atoms with Gasteiger partial charge in [0.15, 0.2) is 0 Å². The van der Waals surface area contributed by atoms with Crippen molar-refractivity contribution in [2.45, 2.75) is 6.92 Å². The third-order valence-electron chi connectivity index (χ3n) is 2.70. The molecule has 0 aliphatic heterocycles.